The molecule has 0 saturated heterocycles. The highest BCUT2D eigenvalue weighted by atomic mass is 16.5. The van der Waals surface area contributed by atoms with Crippen molar-refractivity contribution in [3.8, 4) is 11.5 Å². The van der Waals surface area contributed by atoms with E-state index in [0.717, 1.165) is 27.8 Å². The van der Waals surface area contributed by atoms with Gasteiger partial charge in [0.15, 0.2) is 11.5 Å². The predicted molar refractivity (Wildman–Crippen MR) is 198 cm³/mol. The van der Waals surface area contributed by atoms with E-state index >= 15 is 0 Å². The summed E-state index contributed by atoms with van der Waals surface area (Å²) in [5, 5.41) is 6.01. The van der Waals surface area contributed by atoms with E-state index in [-0.39, 0.29) is 36.6 Å². The molecule has 268 valence electrons. The van der Waals surface area contributed by atoms with Gasteiger partial charge in [0.1, 0.15) is 25.3 Å². The van der Waals surface area contributed by atoms with Crippen LogP contribution in [0.25, 0.3) is 0 Å². The Bertz CT molecular complexity index is 1930. The zero-order valence-corrected chi connectivity index (χ0v) is 29.6. The second-order valence-electron chi connectivity index (χ2n) is 13.4. The predicted octanol–water partition coefficient (Wildman–Crippen LogP) is 5.56. The molecular weight excluding hydrogens is 654 g/mol. The minimum absolute atomic E-state index is 0.0718. The fourth-order valence-electron chi connectivity index (χ4n) is 6.32. The number of hydrogen-bond acceptors (Lipinski definition) is 6. The van der Waals surface area contributed by atoms with Gasteiger partial charge < -0.3 is 30.0 Å². The van der Waals surface area contributed by atoms with Crippen molar-refractivity contribution >= 4 is 17.7 Å². The second kappa shape index (κ2) is 17.4. The van der Waals surface area contributed by atoms with Crippen LogP contribution in [0.4, 0.5) is 0 Å². The largest absolute Gasteiger partial charge is 0.485 e. The normalized spacial score (nSPS) is 14.3. The maximum Gasteiger partial charge on any atom is 0.246 e. The number of aromatic amines is 1. The summed E-state index contributed by atoms with van der Waals surface area (Å²) in [7, 11) is 0. The molecule has 3 amide bonds. The second-order valence-corrected chi connectivity index (χ2v) is 13.4. The van der Waals surface area contributed by atoms with Crippen LogP contribution in [0.3, 0.4) is 0 Å². The van der Waals surface area contributed by atoms with Crippen LogP contribution in [0, 0.1) is 5.92 Å². The third kappa shape index (κ3) is 9.45. The van der Waals surface area contributed by atoms with Gasteiger partial charge in [-0.15, -0.1) is 0 Å². The quantitative estimate of drug-likeness (QED) is 0.131. The summed E-state index contributed by atoms with van der Waals surface area (Å²) in [4.78, 5) is 49.5. The first-order chi connectivity index (χ1) is 25.3. The van der Waals surface area contributed by atoms with Crippen LogP contribution in [0.1, 0.15) is 47.4 Å². The van der Waals surface area contributed by atoms with Crippen molar-refractivity contribution in [2.24, 2.45) is 5.92 Å². The van der Waals surface area contributed by atoms with Gasteiger partial charge in [-0.2, -0.15) is 0 Å². The first kappa shape index (κ1) is 35.9. The molecule has 0 spiro atoms. The van der Waals surface area contributed by atoms with Gasteiger partial charge in [-0.25, -0.2) is 4.98 Å². The summed E-state index contributed by atoms with van der Waals surface area (Å²) < 4.78 is 12.4. The van der Waals surface area contributed by atoms with E-state index in [0.29, 0.717) is 49.8 Å². The Morgan fingerprint density at radius 1 is 0.827 bits per heavy atom. The molecule has 0 saturated carbocycles. The van der Waals surface area contributed by atoms with E-state index in [1.165, 1.54) is 6.33 Å². The fourth-order valence-corrected chi connectivity index (χ4v) is 6.32. The summed E-state index contributed by atoms with van der Waals surface area (Å²) in [5.74, 6) is 0.249. The molecule has 0 radical (unpaired) electrons. The van der Waals surface area contributed by atoms with Crippen LogP contribution in [0.15, 0.2) is 116 Å². The average molecular weight is 700 g/mol. The molecule has 4 aromatic carbocycles. The van der Waals surface area contributed by atoms with E-state index in [2.05, 4.69) is 20.6 Å². The zero-order chi connectivity index (χ0) is 36.3. The van der Waals surface area contributed by atoms with Crippen LogP contribution >= 0.6 is 0 Å². The molecule has 52 heavy (non-hydrogen) atoms. The highest BCUT2D eigenvalue weighted by molar-refractivity contribution is 5.93. The highest BCUT2D eigenvalue weighted by Gasteiger charge is 2.38. The number of nitrogens with one attached hydrogen (secondary N) is 3. The van der Waals surface area contributed by atoms with Crippen molar-refractivity contribution in [1.82, 2.24) is 25.5 Å². The number of H-pyrrole nitrogens is 1. The fraction of sp³-hybridized carbons (Fsp3) is 0.286. The number of rotatable bonds is 15. The maximum atomic E-state index is 14.2. The lowest BCUT2D eigenvalue weighted by molar-refractivity contribution is -0.145. The molecule has 0 aliphatic carbocycles. The number of fused-ring (bicyclic) bond motifs is 1. The molecule has 1 aliphatic rings. The zero-order valence-electron chi connectivity index (χ0n) is 29.6. The Kier molecular flexibility index (Phi) is 12.0. The molecule has 1 aliphatic heterocycles. The SMILES string of the molecule is CC(C)[C@H](NC(=O)Cc1cnc[nH]1)C(=O)N1Cc2ccccc2C[C@H]1C(=O)NCCc1ccc(OCc2ccccc2)c(OCc2ccccc2)c1. The Labute approximate surface area is 304 Å². The van der Waals surface area contributed by atoms with Gasteiger partial charge >= 0.3 is 0 Å². The Morgan fingerprint density at radius 3 is 2.13 bits per heavy atom. The molecule has 0 unspecified atom stereocenters. The lowest BCUT2D eigenvalue weighted by atomic mass is 9.91. The Hall–Kier alpha value is -5.90. The summed E-state index contributed by atoms with van der Waals surface area (Å²) in [5.41, 5.74) is 5.74. The maximum absolute atomic E-state index is 14.2. The van der Waals surface area contributed by atoms with Gasteiger partial charge in [0, 0.05) is 31.4 Å². The summed E-state index contributed by atoms with van der Waals surface area (Å²) >= 11 is 0. The van der Waals surface area contributed by atoms with Gasteiger partial charge in [0.2, 0.25) is 17.7 Å². The average Bonchev–Trinajstić information content (AvgIpc) is 3.68. The van der Waals surface area contributed by atoms with Crippen molar-refractivity contribution in [1.29, 1.82) is 0 Å². The van der Waals surface area contributed by atoms with Gasteiger partial charge in [-0.3, -0.25) is 14.4 Å². The number of nitrogens with zero attached hydrogens (tertiary/aromatic N) is 2. The Balaban J connectivity index is 1.13. The summed E-state index contributed by atoms with van der Waals surface area (Å²) in [6, 6.07) is 32.1. The minimum Gasteiger partial charge on any atom is -0.485 e. The van der Waals surface area contributed by atoms with Gasteiger partial charge in [0.25, 0.3) is 0 Å². The molecule has 2 atom stereocenters. The molecule has 1 aromatic heterocycles. The molecule has 10 nitrogen and oxygen atoms in total. The monoisotopic (exact) mass is 699 g/mol. The lowest BCUT2D eigenvalue weighted by Gasteiger charge is -2.38. The van der Waals surface area contributed by atoms with Crippen molar-refractivity contribution < 1.29 is 23.9 Å². The number of aromatic nitrogens is 2. The molecule has 6 rings (SSSR count). The Morgan fingerprint density at radius 2 is 1.48 bits per heavy atom. The van der Waals surface area contributed by atoms with Crippen molar-refractivity contribution in [3.63, 3.8) is 0 Å². The van der Waals surface area contributed by atoms with Gasteiger partial charge in [0.05, 0.1) is 12.7 Å². The number of imidazole rings is 1. The van der Waals surface area contributed by atoms with E-state index in [4.69, 9.17) is 9.47 Å². The van der Waals surface area contributed by atoms with E-state index in [1.54, 1.807) is 11.1 Å². The highest BCUT2D eigenvalue weighted by Crippen LogP contribution is 2.31. The molecule has 3 N–H and O–H groups in total. The first-order valence-electron chi connectivity index (χ1n) is 17.7. The summed E-state index contributed by atoms with van der Waals surface area (Å²) in [6.07, 6.45) is 4.09. The van der Waals surface area contributed by atoms with E-state index in [1.807, 2.05) is 117 Å². The number of carbonyl (C=O) groups excluding carboxylic acids is 3. The third-order valence-electron chi connectivity index (χ3n) is 9.18. The standard InChI is InChI=1S/C42H45N5O5/c1-29(2)40(46-39(48)23-35-24-43-28-45-35)42(50)47-25-34-16-10-9-15-33(34)22-36(47)41(49)44-20-19-30-17-18-37(51-26-31-11-5-3-6-12-31)38(21-30)52-27-32-13-7-4-8-14-32/h3-18,21,24,28-29,36,40H,19-20,22-23,25-27H2,1-2H3,(H,43,45)(H,44,49)(H,46,48)/t36-,40-/m0/s1. The van der Waals surface area contributed by atoms with Gasteiger partial charge in [-0.05, 0) is 52.3 Å². The van der Waals surface area contributed by atoms with E-state index in [9.17, 15) is 14.4 Å². The lowest BCUT2D eigenvalue weighted by Crippen LogP contribution is -2.59. The van der Waals surface area contributed by atoms with Gasteiger partial charge in [-0.1, -0.05) is 105 Å². The molecule has 10 heteroatoms. The summed E-state index contributed by atoms with van der Waals surface area (Å²) in [6.45, 7) is 5.21. The van der Waals surface area contributed by atoms with E-state index < -0.39 is 12.1 Å². The molecular formula is C42H45N5O5. The smallest absolute Gasteiger partial charge is 0.246 e. The molecule has 0 bridgehead atoms. The van der Waals surface area contributed by atoms with Crippen LogP contribution < -0.4 is 20.1 Å². The number of hydrogen-bond donors (Lipinski definition) is 3. The van der Waals surface area contributed by atoms with Crippen LogP contribution in [-0.4, -0.2) is 51.2 Å². The number of benzene rings is 4. The number of ether oxygens (including phenoxy) is 2. The topological polar surface area (TPSA) is 126 Å². The molecule has 2 heterocycles. The van der Waals surface area contributed by atoms with Crippen LogP contribution in [-0.2, 0) is 53.4 Å². The number of carbonyl (C=O) groups is 3. The van der Waals surface area contributed by atoms with Crippen LogP contribution in [0.2, 0.25) is 0 Å². The minimum atomic E-state index is -0.798. The van der Waals surface area contributed by atoms with Crippen molar-refractivity contribution in [2.45, 2.75) is 65.0 Å². The molecule has 5 aromatic rings. The third-order valence-corrected chi connectivity index (χ3v) is 9.18. The number of amides is 3. The van der Waals surface area contributed by atoms with Crippen molar-refractivity contribution in [3.05, 3.63) is 149 Å². The van der Waals surface area contributed by atoms with Crippen molar-refractivity contribution in [2.75, 3.05) is 6.54 Å². The van der Waals surface area contributed by atoms with Crippen LogP contribution in [0.5, 0.6) is 11.5 Å². The molecule has 0 fully saturated rings. The first-order valence-corrected chi connectivity index (χ1v) is 17.7.